The molecule has 50 heavy (non-hydrogen) atoms. The molecule has 0 saturated carbocycles. The summed E-state index contributed by atoms with van der Waals surface area (Å²) in [5, 5.41) is 0. The van der Waals surface area contributed by atoms with E-state index >= 15 is 0 Å². The van der Waals surface area contributed by atoms with E-state index in [4.69, 9.17) is 28.4 Å². The van der Waals surface area contributed by atoms with Crippen molar-refractivity contribution < 1.29 is 33.2 Å². The van der Waals surface area contributed by atoms with Crippen molar-refractivity contribution in [2.45, 2.75) is 57.5 Å². The van der Waals surface area contributed by atoms with Crippen molar-refractivity contribution in [1.82, 2.24) is 9.80 Å². The van der Waals surface area contributed by atoms with Crippen LogP contribution in [0.5, 0.6) is 46.0 Å². The van der Waals surface area contributed by atoms with Crippen LogP contribution in [0.25, 0.3) is 0 Å². The van der Waals surface area contributed by atoms with Crippen molar-refractivity contribution in [1.29, 1.82) is 0 Å². The minimum Gasteiger partial charge on any atom is -0.493 e. The second-order valence-electron chi connectivity index (χ2n) is 13.5. The van der Waals surface area contributed by atoms with Crippen molar-refractivity contribution in [2.24, 2.45) is 0 Å². The standard InChI is InChI=1S/C41H46N2O7/c1-7-8-38(44)50-40-37(47-6)23-28-16-18-43(3)32-20-26-11-14-33(45-4)35(21-26)48-29-12-9-25(10-13-29)19-31-30-24-36(49-41(40)39(28)32)34(46-5)22-27(30)15-17-42(31)2/h9-14,21-24,31-32H,7-8,15-20H2,1-6H3/t31-,32+/m0/s1. The van der Waals surface area contributed by atoms with E-state index in [0.717, 1.165) is 54.8 Å². The lowest BCUT2D eigenvalue weighted by Crippen LogP contribution is -2.34. The Labute approximate surface area is 294 Å². The quantitative estimate of drug-likeness (QED) is 0.150. The lowest BCUT2D eigenvalue weighted by molar-refractivity contribution is -0.134. The Morgan fingerprint density at radius 2 is 1.38 bits per heavy atom. The summed E-state index contributed by atoms with van der Waals surface area (Å²) >= 11 is 0. The maximum absolute atomic E-state index is 13.2. The van der Waals surface area contributed by atoms with E-state index in [0.29, 0.717) is 47.3 Å². The summed E-state index contributed by atoms with van der Waals surface area (Å²) in [4.78, 5) is 17.9. The van der Waals surface area contributed by atoms with Gasteiger partial charge in [-0.15, -0.1) is 0 Å². The Bertz CT molecular complexity index is 1890. The summed E-state index contributed by atoms with van der Waals surface area (Å²) in [5.41, 5.74) is 6.72. The number of hydrogen-bond acceptors (Lipinski definition) is 9. The van der Waals surface area contributed by atoms with E-state index in [1.807, 2.05) is 31.2 Å². The molecular formula is C41H46N2O7. The van der Waals surface area contributed by atoms with Gasteiger partial charge in [0.1, 0.15) is 5.75 Å². The maximum atomic E-state index is 13.2. The number of methoxy groups -OCH3 is 3. The molecule has 4 aliphatic rings. The highest BCUT2D eigenvalue weighted by Crippen LogP contribution is 2.52. The molecule has 8 rings (SSSR count). The Morgan fingerprint density at radius 1 is 0.740 bits per heavy atom. The first-order valence-electron chi connectivity index (χ1n) is 17.5. The molecule has 4 aliphatic heterocycles. The summed E-state index contributed by atoms with van der Waals surface area (Å²) < 4.78 is 37.3. The van der Waals surface area contributed by atoms with Gasteiger partial charge in [-0.1, -0.05) is 25.1 Å². The van der Waals surface area contributed by atoms with Gasteiger partial charge in [-0.2, -0.15) is 0 Å². The minimum atomic E-state index is -0.340. The molecule has 4 aromatic carbocycles. The van der Waals surface area contributed by atoms with Crippen molar-refractivity contribution in [3.05, 3.63) is 94.0 Å². The zero-order valence-electron chi connectivity index (χ0n) is 29.8. The fourth-order valence-corrected chi connectivity index (χ4v) is 7.55. The number of likely N-dealkylation sites (N-methyl/N-ethyl adjacent to an activating group) is 2. The number of nitrogens with zero attached hydrogens (tertiary/aromatic N) is 2. The molecule has 0 N–H and O–H groups in total. The number of fused-ring (bicyclic) bond motifs is 2. The predicted octanol–water partition coefficient (Wildman–Crippen LogP) is 7.86. The van der Waals surface area contributed by atoms with Gasteiger partial charge in [0, 0.05) is 37.2 Å². The van der Waals surface area contributed by atoms with Crippen LogP contribution in [0, 0.1) is 0 Å². The highest BCUT2D eigenvalue weighted by molar-refractivity contribution is 5.76. The number of hydrogen-bond donors (Lipinski definition) is 0. The summed E-state index contributed by atoms with van der Waals surface area (Å²) in [7, 11) is 9.23. The normalized spacial score (nSPS) is 18.5. The van der Waals surface area contributed by atoms with Gasteiger partial charge >= 0.3 is 5.97 Å². The van der Waals surface area contributed by atoms with Crippen LogP contribution in [-0.4, -0.2) is 64.3 Å². The van der Waals surface area contributed by atoms with Gasteiger partial charge in [0.25, 0.3) is 0 Å². The molecule has 0 aromatic heterocycles. The first-order chi connectivity index (χ1) is 24.3. The van der Waals surface area contributed by atoms with Crippen molar-refractivity contribution >= 4 is 5.97 Å². The van der Waals surface area contributed by atoms with Crippen LogP contribution in [0.3, 0.4) is 0 Å². The van der Waals surface area contributed by atoms with E-state index in [-0.39, 0.29) is 30.2 Å². The topological polar surface area (TPSA) is 78.9 Å². The Morgan fingerprint density at radius 3 is 2.10 bits per heavy atom. The maximum Gasteiger partial charge on any atom is 0.311 e. The van der Waals surface area contributed by atoms with Gasteiger partial charge in [-0.25, -0.2) is 0 Å². The first kappa shape index (κ1) is 33.8. The van der Waals surface area contributed by atoms with E-state index in [2.05, 4.69) is 60.3 Å². The van der Waals surface area contributed by atoms with Gasteiger partial charge < -0.3 is 28.4 Å². The van der Waals surface area contributed by atoms with Crippen LogP contribution in [0.1, 0.15) is 65.2 Å². The van der Waals surface area contributed by atoms with Crippen LogP contribution in [0.15, 0.2) is 60.7 Å². The highest BCUT2D eigenvalue weighted by atomic mass is 16.6. The van der Waals surface area contributed by atoms with E-state index in [1.165, 1.54) is 16.7 Å². The molecule has 0 radical (unpaired) electrons. The van der Waals surface area contributed by atoms with Crippen molar-refractivity contribution in [3.8, 4) is 46.0 Å². The fourth-order valence-electron chi connectivity index (χ4n) is 7.55. The van der Waals surface area contributed by atoms with Crippen molar-refractivity contribution in [3.63, 3.8) is 0 Å². The molecule has 6 bridgehead atoms. The van der Waals surface area contributed by atoms with E-state index in [9.17, 15) is 4.79 Å². The number of carbonyl (C=O) groups excluding carboxylic acids is 1. The molecule has 9 heteroatoms. The second kappa shape index (κ2) is 14.2. The van der Waals surface area contributed by atoms with Gasteiger partial charge in [0.2, 0.25) is 5.75 Å². The van der Waals surface area contributed by atoms with Gasteiger partial charge in [-0.3, -0.25) is 14.6 Å². The molecule has 0 spiro atoms. The molecule has 262 valence electrons. The molecule has 0 unspecified atom stereocenters. The monoisotopic (exact) mass is 678 g/mol. The van der Waals surface area contributed by atoms with Crippen LogP contribution in [0.2, 0.25) is 0 Å². The summed E-state index contributed by atoms with van der Waals surface area (Å²) in [6.07, 6.45) is 4.05. The molecule has 4 heterocycles. The molecule has 2 atom stereocenters. The summed E-state index contributed by atoms with van der Waals surface area (Å²) in [6, 6.07) is 20.6. The molecule has 9 nitrogen and oxygen atoms in total. The first-order valence-corrected chi connectivity index (χ1v) is 17.5. The van der Waals surface area contributed by atoms with Crippen molar-refractivity contribution in [2.75, 3.05) is 48.5 Å². The number of carbonyl (C=O) groups is 1. The SMILES string of the molecule is CCCC(=O)Oc1c(OC)cc2c3c1Oc1cc4c(cc1OC)CCN(C)[C@H]4Cc1ccc(cc1)Oc1cc(ccc1OC)C[C@H]3N(C)CC2. The molecule has 4 aromatic rings. The third kappa shape index (κ3) is 6.48. The molecule has 0 amide bonds. The third-order valence-electron chi connectivity index (χ3n) is 10.3. The third-order valence-corrected chi connectivity index (χ3v) is 10.3. The lowest BCUT2D eigenvalue weighted by atomic mass is 9.87. The number of esters is 1. The predicted molar refractivity (Wildman–Crippen MR) is 192 cm³/mol. The molecular weight excluding hydrogens is 632 g/mol. The average Bonchev–Trinajstić information content (AvgIpc) is 3.12. The zero-order chi connectivity index (χ0) is 34.9. The summed E-state index contributed by atoms with van der Waals surface area (Å²) in [6.45, 7) is 3.71. The van der Waals surface area contributed by atoms with Crippen LogP contribution < -0.4 is 28.4 Å². The van der Waals surface area contributed by atoms with Crippen LogP contribution >= 0.6 is 0 Å². The molecule has 0 saturated heterocycles. The van der Waals surface area contributed by atoms with E-state index < -0.39 is 0 Å². The lowest BCUT2D eigenvalue weighted by Gasteiger charge is -2.37. The average molecular weight is 679 g/mol. The van der Waals surface area contributed by atoms with Gasteiger partial charge in [-0.05, 0) is 116 Å². The van der Waals surface area contributed by atoms with Gasteiger partial charge in [0.15, 0.2) is 34.5 Å². The van der Waals surface area contributed by atoms with Crippen LogP contribution in [-0.2, 0) is 30.5 Å². The highest BCUT2D eigenvalue weighted by Gasteiger charge is 2.35. The zero-order valence-corrected chi connectivity index (χ0v) is 29.8. The fraction of sp³-hybridized carbons (Fsp3) is 0.390. The number of ether oxygens (including phenoxy) is 6. The Kier molecular flexibility index (Phi) is 9.62. The Balaban J connectivity index is 1.48. The largest absolute Gasteiger partial charge is 0.493 e. The van der Waals surface area contributed by atoms with Crippen LogP contribution in [0.4, 0.5) is 0 Å². The van der Waals surface area contributed by atoms with Gasteiger partial charge in [0.05, 0.1) is 21.3 Å². The molecule has 0 aliphatic carbocycles. The smallest absolute Gasteiger partial charge is 0.311 e. The number of rotatable bonds is 6. The second-order valence-corrected chi connectivity index (χ2v) is 13.5. The summed E-state index contributed by atoms with van der Waals surface area (Å²) in [5.74, 6) is 4.13. The number of benzene rings is 4. The van der Waals surface area contributed by atoms with E-state index in [1.54, 1.807) is 21.3 Å². The minimum absolute atomic E-state index is 0.106. The molecule has 0 fully saturated rings. The Hall–Kier alpha value is -4.73.